The molecule has 1 aliphatic heterocycles. The zero-order chi connectivity index (χ0) is 26.4. The number of nitrogens with one attached hydrogen (secondary N) is 1. The molecule has 0 spiro atoms. The summed E-state index contributed by atoms with van der Waals surface area (Å²) in [6.07, 6.45) is 9.87. The molecule has 0 bridgehead atoms. The number of aromatic amines is 1. The van der Waals surface area contributed by atoms with E-state index in [1.165, 1.54) is 6.07 Å². The molecular formula is C29H38ClFN6. The maximum absolute atomic E-state index is 14.0. The Kier molecular flexibility index (Phi) is 8.85. The lowest BCUT2D eigenvalue weighted by Gasteiger charge is -2.28. The number of hydrogen-bond donors (Lipinski definition) is 1. The van der Waals surface area contributed by atoms with Gasteiger partial charge in [-0.25, -0.2) is 9.38 Å². The van der Waals surface area contributed by atoms with E-state index in [4.69, 9.17) is 21.6 Å². The van der Waals surface area contributed by atoms with Crippen molar-refractivity contribution in [2.24, 2.45) is 9.98 Å². The number of benzene rings is 1. The van der Waals surface area contributed by atoms with Crippen molar-refractivity contribution < 1.29 is 4.39 Å². The summed E-state index contributed by atoms with van der Waals surface area (Å²) >= 11 is 6.23. The summed E-state index contributed by atoms with van der Waals surface area (Å²) in [7, 11) is 2.03. The number of amidine groups is 1. The second-order valence-corrected chi connectivity index (χ2v) is 10.4. The van der Waals surface area contributed by atoms with Crippen LogP contribution in [0.25, 0.3) is 5.70 Å². The fraction of sp³-hybridized carbons (Fsp3) is 0.483. The van der Waals surface area contributed by atoms with Crippen molar-refractivity contribution in [3.8, 4) is 0 Å². The van der Waals surface area contributed by atoms with Gasteiger partial charge in [-0.2, -0.15) is 4.98 Å². The largest absolute Gasteiger partial charge is 0.373 e. The third kappa shape index (κ3) is 5.98. The van der Waals surface area contributed by atoms with Crippen molar-refractivity contribution >= 4 is 34.7 Å². The molecule has 2 aromatic rings. The van der Waals surface area contributed by atoms with Crippen LogP contribution in [0.15, 0.2) is 53.6 Å². The summed E-state index contributed by atoms with van der Waals surface area (Å²) in [6.45, 7) is 12.7. The minimum absolute atomic E-state index is 0.196. The number of aromatic nitrogens is 2. The zero-order valence-electron chi connectivity index (χ0n) is 22.1. The Morgan fingerprint density at radius 3 is 2.73 bits per heavy atom. The SMILES string of the molecule is C=CN(CCCC)c1nc(Cl)[nH]c1C(=C)N(C)CCCC1=NC(C2(c3cccc(F)c3)CCCC2)=NC1. The predicted molar refractivity (Wildman–Crippen MR) is 153 cm³/mol. The highest BCUT2D eigenvalue weighted by Crippen LogP contribution is 2.43. The lowest BCUT2D eigenvalue weighted by Crippen LogP contribution is -2.31. The van der Waals surface area contributed by atoms with Gasteiger partial charge in [0.05, 0.1) is 17.7 Å². The van der Waals surface area contributed by atoms with Crippen molar-refractivity contribution in [3.05, 3.63) is 66.0 Å². The molecule has 198 valence electrons. The monoisotopic (exact) mass is 524 g/mol. The summed E-state index contributed by atoms with van der Waals surface area (Å²) in [5.41, 5.74) is 3.50. The smallest absolute Gasteiger partial charge is 0.202 e. The molecule has 4 rings (SSSR count). The molecule has 0 saturated heterocycles. The van der Waals surface area contributed by atoms with Gasteiger partial charge in [-0.1, -0.05) is 51.5 Å². The number of imidazole rings is 1. The highest BCUT2D eigenvalue weighted by atomic mass is 35.5. The summed E-state index contributed by atoms with van der Waals surface area (Å²) in [4.78, 5) is 21.6. The van der Waals surface area contributed by atoms with Crippen LogP contribution >= 0.6 is 11.6 Å². The number of nitrogens with zero attached hydrogens (tertiary/aromatic N) is 5. The predicted octanol–water partition coefficient (Wildman–Crippen LogP) is 7.00. The standard InChI is InChI=1S/C29H38ClFN6/c1-5-7-18-37(6-2)26-25(34-28(30)35-26)21(3)36(4)17-11-14-24-20-32-27(33-24)29(15-8-9-16-29)22-12-10-13-23(31)19-22/h6,10,12-13,19H,2-3,5,7-9,11,14-18,20H2,1,4H3,(H,34,35). The number of rotatable bonds is 13. The van der Waals surface area contributed by atoms with Crippen molar-refractivity contribution in [3.63, 3.8) is 0 Å². The minimum atomic E-state index is -0.250. The number of hydrogen-bond acceptors (Lipinski definition) is 5. The quantitative estimate of drug-likeness (QED) is 0.307. The summed E-state index contributed by atoms with van der Waals surface area (Å²) < 4.78 is 14.0. The van der Waals surface area contributed by atoms with Crippen LogP contribution in [0, 0.1) is 5.82 Å². The topological polar surface area (TPSA) is 59.9 Å². The van der Waals surface area contributed by atoms with Gasteiger partial charge in [0, 0.05) is 25.8 Å². The minimum Gasteiger partial charge on any atom is -0.373 e. The van der Waals surface area contributed by atoms with E-state index in [0.717, 1.165) is 98.8 Å². The zero-order valence-corrected chi connectivity index (χ0v) is 22.8. The van der Waals surface area contributed by atoms with Gasteiger partial charge < -0.3 is 14.8 Å². The van der Waals surface area contributed by atoms with Crippen molar-refractivity contribution in [2.75, 3.05) is 31.6 Å². The molecule has 2 aliphatic rings. The number of halogens is 2. The van der Waals surface area contributed by atoms with Gasteiger partial charge in [-0.15, -0.1) is 0 Å². The van der Waals surface area contributed by atoms with Gasteiger partial charge >= 0.3 is 0 Å². The fourth-order valence-corrected chi connectivity index (χ4v) is 5.56. The molecule has 1 N–H and O–H groups in total. The number of unbranched alkanes of at least 4 members (excludes halogenated alkanes) is 1. The van der Waals surface area contributed by atoms with Gasteiger partial charge in [0.15, 0.2) is 5.82 Å². The van der Waals surface area contributed by atoms with Crippen LogP contribution in [-0.4, -0.2) is 53.1 Å². The van der Waals surface area contributed by atoms with E-state index in [1.54, 1.807) is 18.3 Å². The Labute approximate surface area is 225 Å². The lowest BCUT2D eigenvalue weighted by atomic mass is 9.77. The highest BCUT2D eigenvalue weighted by Gasteiger charge is 2.42. The van der Waals surface area contributed by atoms with E-state index in [2.05, 4.69) is 34.9 Å². The van der Waals surface area contributed by atoms with Crippen molar-refractivity contribution in [2.45, 2.75) is 63.7 Å². The van der Waals surface area contributed by atoms with Crippen LogP contribution in [0.3, 0.4) is 0 Å². The molecule has 0 radical (unpaired) electrons. The van der Waals surface area contributed by atoms with Crippen LogP contribution in [0.2, 0.25) is 5.28 Å². The molecular weight excluding hydrogens is 487 g/mol. The maximum Gasteiger partial charge on any atom is 0.202 e. The molecule has 6 nitrogen and oxygen atoms in total. The Morgan fingerprint density at radius 1 is 1.24 bits per heavy atom. The Balaban J connectivity index is 1.37. The normalized spacial score (nSPS) is 16.4. The summed E-state index contributed by atoms with van der Waals surface area (Å²) in [5.74, 6) is 1.44. The molecule has 0 amide bonds. The third-order valence-electron chi connectivity index (χ3n) is 7.55. The molecule has 8 heteroatoms. The molecule has 1 saturated carbocycles. The summed E-state index contributed by atoms with van der Waals surface area (Å²) in [6, 6.07) is 6.98. The van der Waals surface area contributed by atoms with E-state index in [1.807, 2.05) is 18.0 Å². The average molecular weight is 525 g/mol. The molecule has 0 unspecified atom stereocenters. The van der Waals surface area contributed by atoms with Crippen LogP contribution in [-0.2, 0) is 5.41 Å². The molecule has 1 aromatic heterocycles. The fourth-order valence-electron chi connectivity index (χ4n) is 5.39. The van der Waals surface area contributed by atoms with Crippen LogP contribution in [0.5, 0.6) is 0 Å². The second-order valence-electron chi connectivity index (χ2n) is 10.0. The number of anilines is 1. The van der Waals surface area contributed by atoms with Gasteiger partial charge in [-0.3, -0.25) is 4.99 Å². The first-order valence-electron chi connectivity index (χ1n) is 13.3. The molecule has 0 atom stereocenters. The molecule has 1 aliphatic carbocycles. The van der Waals surface area contributed by atoms with Gasteiger partial charge in [0.2, 0.25) is 5.28 Å². The van der Waals surface area contributed by atoms with E-state index >= 15 is 0 Å². The van der Waals surface area contributed by atoms with Crippen molar-refractivity contribution in [1.29, 1.82) is 0 Å². The average Bonchev–Trinajstić information content (AvgIpc) is 3.64. The number of H-pyrrole nitrogens is 1. The first-order valence-corrected chi connectivity index (χ1v) is 13.7. The molecule has 1 aromatic carbocycles. The van der Waals surface area contributed by atoms with Crippen LogP contribution in [0.1, 0.15) is 69.5 Å². The Hall–Kier alpha value is -2.93. The first kappa shape index (κ1) is 27.1. The second kappa shape index (κ2) is 12.1. The maximum atomic E-state index is 14.0. The van der Waals surface area contributed by atoms with Gasteiger partial charge in [-0.05, 0) is 67.6 Å². The Bertz CT molecular complexity index is 1180. The van der Waals surface area contributed by atoms with Crippen LogP contribution < -0.4 is 4.90 Å². The molecule has 1 fully saturated rings. The number of aliphatic imine (C=N–C) groups is 2. The van der Waals surface area contributed by atoms with E-state index in [9.17, 15) is 4.39 Å². The van der Waals surface area contributed by atoms with E-state index < -0.39 is 0 Å². The van der Waals surface area contributed by atoms with Gasteiger partial charge in [0.1, 0.15) is 17.3 Å². The summed E-state index contributed by atoms with van der Waals surface area (Å²) in [5, 5.41) is 0.340. The van der Waals surface area contributed by atoms with Crippen molar-refractivity contribution in [1.82, 2.24) is 14.9 Å². The van der Waals surface area contributed by atoms with E-state index in [-0.39, 0.29) is 11.2 Å². The van der Waals surface area contributed by atoms with E-state index in [0.29, 0.717) is 11.8 Å². The Morgan fingerprint density at radius 2 is 2.03 bits per heavy atom. The third-order valence-corrected chi connectivity index (χ3v) is 7.73. The molecule has 37 heavy (non-hydrogen) atoms. The first-order chi connectivity index (χ1) is 17.9. The van der Waals surface area contributed by atoms with Crippen LogP contribution in [0.4, 0.5) is 10.2 Å². The van der Waals surface area contributed by atoms with Gasteiger partial charge in [0.25, 0.3) is 0 Å². The lowest BCUT2D eigenvalue weighted by molar-refractivity contribution is 0.470. The molecule has 2 heterocycles. The highest BCUT2D eigenvalue weighted by molar-refractivity contribution is 6.28.